The van der Waals surface area contributed by atoms with Crippen LogP contribution in [0.2, 0.25) is 0 Å². The molecule has 0 radical (unpaired) electrons. The second-order valence-electron chi connectivity index (χ2n) is 5.37. The van der Waals surface area contributed by atoms with E-state index in [1.165, 1.54) is 11.1 Å². The normalized spacial score (nSPS) is 18.2. The number of rotatable bonds is 4. The van der Waals surface area contributed by atoms with E-state index < -0.39 is 0 Å². The van der Waals surface area contributed by atoms with Gasteiger partial charge in [0.25, 0.3) is 0 Å². The Labute approximate surface area is 102 Å². The van der Waals surface area contributed by atoms with Crippen molar-refractivity contribution in [1.29, 1.82) is 0 Å². The fourth-order valence-electron chi connectivity index (χ4n) is 2.34. The van der Waals surface area contributed by atoms with Gasteiger partial charge in [-0.15, -0.1) is 0 Å². The number of fused-ring (bicyclic) bond motifs is 1. The monoisotopic (exact) mass is 232 g/mol. The van der Waals surface area contributed by atoms with Crippen molar-refractivity contribution in [2.24, 2.45) is 5.73 Å². The zero-order chi connectivity index (χ0) is 12.5. The highest BCUT2D eigenvalue weighted by Gasteiger charge is 2.33. The largest absolute Gasteiger partial charge is 0.351 e. The lowest BCUT2D eigenvalue weighted by molar-refractivity contribution is -0.124. The van der Waals surface area contributed by atoms with Crippen molar-refractivity contribution in [2.45, 2.75) is 38.1 Å². The van der Waals surface area contributed by atoms with Gasteiger partial charge in [0, 0.05) is 5.54 Å². The fourth-order valence-corrected chi connectivity index (χ4v) is 2.34. The van der Waals surface area contributed by atoms with Crippen molar-refractivity contribution < 1.29 is 4.79 Å². The quantitative estimate of drug-likeness (QED) is 0.828. The second-order valence-corrected chi connectivity index (χ2v) is 5.37. The van der Waals surface area contributed by atoms with E-state index >= 15 is 0 Å². The molecule has 2 rings (SSSR count). The number of hydrogen-bond donors (Lipinski definition) is 2. The van der Waals surface area contributed by atoms with Gasteiger partial charge >= 0.3 is 0 Å². The molecule has 1 aliphatic carbocycles. The third-order valence-corrected chi connectivity index (χ3v) is 3.40. The van der Waals surface area contributed by atoms with Gasteiger partial charge in [-0.25, -0.2) is 0 Å². The average Bonchev–Trinajstić information content (AvgIpc) is 2.18. The van der Waals surface area contributed by atoms with Crippen LogP contribution in [-0.2, 0) is 11.2 Å². The molecule has 0 saturated carbocycles. The smallest absolute Gasteiger partial charge is 0.228 e. The highest BCUT2D eigenvalue weighted by atomic mass is 16.2. The number of carbonyl (C=O) groups excluding carboxylic acids is 1. The van der Waals surface area contributed by atoms with Crippen molar-refractivity contribution in [2.75, 3.05) is 6.54 Å². The van der Waals surface area contributed by atoms with E-state index in [-0.39, 0.29) is 17.4 Å². The minimum absolute atomic E-state index is 0.0308. The summed E-state index contributed by atoms with van der Waals surface area (Å²) < 4.78 is 0. The van der Waals surface area contributed by atoms with Crippen LogP contribution in [0.15, 0.2) is 24.3 Å². The molecule has 0 saturated heterocycles. The molecule has 0 bridgehead atoms. The molecule has 3 nitrogen and oxygen atoms in total. The third-order valence-electron chi connectivity index (χ3n) is 3.40. The molecule has 1 unspecified atom stereocenters. The Hall–Kier alpha value is -1.35. The Balaban J connectivity index is 2.00. The highest BCUT2D eigenvalue weighted by Crippen LogP contribution is 2.35. The van der Waals surface area contributed by atoms with E-state index in [9.17, 15) is 4.79 Å². The first kappa shape index (κ1) is 12.1. The first-order valence-corrected chi connectivity index (χ1v) is 6.13. The molecular weight excluding hydrogens is 212 g/mol. The minimum atomic E-state index is -0.212. The van der Waals surface area contributed by atoms with Gasteiger partial charge in [0.2, 0.25) is 5.91 Å². The second kappa shape index (κ2) is 4.49. The molecule has 3 N–H and O–H groups in total. The molecule has 1 aromatic rings. The Bertz CT molecular complexity index is 426. The lowest BCUT2D eigenvalue weighted by Gasteiger charge is -2.33. The summed E-state index contributed by atoms with van der Waals surface area (Å²) in [5.41, 5.74) is 7.80. The van der Waals surface area contributed by atoms with Gasteiger partial charge in [0.05, 0.1) is 5.92 Å². The van der Waals surface area contributed by atoms with Crippen LogP contribution in [0.5, 0.6) is 0 Å². The van der Waals surface area contributed by atoms with E-state index in [4.69, 9.17) is 5.73 Å². The molecule has 1 amide bonds. The molecule has 0 spiro atoms. The van der Waals surface area contributed by atoms with E-state index in [1.54, 1.807) is 0 Å². The molecule has 0 heterocycles. The molecule has 3 heteroatoms. The first-order chi connectivity index (χ1) is 8.03. The Kier molecular flexibility index (Phi) is 3.20. The number of carbonyl (C=O) groups is 1. The first-order valence-electron chi connectivity index (χ1n) is 6.13. The number of benzene rings is 1. The summed E-state index contributed by atoms with van der Waals surface area (Å²) in [5.74, 6) is 0.158. The fraction of sp³-hybridized carbons (Fsp3) is 0.500. The van der Waals surface area contributed by atoms with Crippen LogP contribution >= 0.6 is 0 Å². The molecule has 1 atom stereocenters. The maximum absolute atomic E-state index is 12.1. The molecular formula is C14H20N2O. The van der Waals surface area contributed by atoms with Crippen molar-refractivity contribution >= 4 is 5.91 Å². The minimum Gasteiger partial charge on any atom is -0.351 e. The van der Waals surface area contributed by atoms with Gasteiger partial charge in [0.1, 0.15) is 0 Å². The number of nitrogens with one attached hydrogen (secondary N) is 1. The zero-order valence-corrected chi connectivity index (χ0v) is 10.5. The van der Waals surface area contributed by atoms with Crippen molar-refractivity contribution in [3.63, 3.8) is 0 Å². The van der Waals surface area contributed by atoms with E-state index in [1.807, 2.05) is 32.0 Å². The number of hydrogen-bond acceptors (Lipinski definition) is 2. The lowest BCUT2D eigenvalue weighted by Crippen LogP contribution is -2.48. The SMILES string of the molecule is CC(C)(CCN)NC(=O)C1Cc2ccccc21. The van der Waals surface area contributed by atoms with Crippen molar-refractivity contribution in [1.82, 2.24) is 5.32 Å². The van der Waals surface area contributed by atoms with Gasteiger partial charge in [-0.1, -0.05) is 24.3 Å². The van der Waals surface area contributed by atoms with Crippen LogP contribution in [0, 0.1) is 0 Å². The van der Waals surface area contributed by atoms with Crippen LogP contribution in [0.4, 0.5) is 0 Å². The molecule has 17 heavy (non-hydrogen) atoms. The topological polar surface area (TPSA) is 55.1 Å². The predicted molar refractivity (Wildman–Crippen MR) is 68.8 cm³/mol. The van der Waals surface area contributed by atoms with E-state index in [0.717, 1.165) is 12.8 Å². The number of amides is 1. The summed E-state index contributed by atoms with van der Waals surface area (Å²) >= 11 is 0. The summed E-state index contributed by atoms with van der Waals surface area (Å²) in [4.78, 5) is 12.1. The molecule has 0 aliphatic heterocycles. The summed E-state index contributed by atoms with van der Waals surface area (Å²) in [7, 11) is 0. The Morgan fingerprint density at radius 1 is 1.47 bits per heavy atom. The molecule has 0 fully saturated rings. The van der Waals surface area contributed by atoms with Crippen molar-refractivity contribution in [3.8, 4) is 0 Å². The summed E-state index contributed by atoms with van der Waals surface area (Å²) in [6.07, 6.45) is 1.66. The predicted octanol–water partition coefficient (Wildman–Crippen LogP) is 1.57. The summed E-state index contributed by atoms with van der Waals surface area (Å²) in [6, 6.07) is 8.14. The molecule has 0 aromatic heterocycles. The van der Waals surface area contributed by atoms with Gasteiger partial charge < -0.3 is 11.1 Å². The highest BCUT2D eigenvalue weighted by molar-refractivity contribution is 5.87. The van der Waals surface area contributed by atoms with Crippen molar-refractivity contribution in [3.05, 3.63) is 35.4 Å². The van der Waals surface area contributed by atoms with Crippen LogP contribution in [0.1, 0.15) is 37.3 Å². The van der Waals surface area contributed by atoms with Crippen LogP contribution in [0.25, 0.3) is 0 Å². The van der Waals surface area contributed by atoms with Crippen LogP contribution in [-0.4, -0.2) is 18.0 Å². The summed E-state index contributed by atoms with van der Waals surface area (Å²) in [6.45, 7) is 4.62. The maximum Gasteiger partial charge on any atom is 0.228 e. The Morgan fingerprint density at radius 2 is 2.18 bits per heavy atom. The third kappa shape index (κ3) is 2.50. The van der Waals surface area contributed by atoms with Gasteiger partial charge in [0.15, 0.2) is 0 Å². The zero-order valence-electron chi connectivity index (χ0n) is 10.5. The molecule has 1 aliphatic rings. The van der Waals surface area contributed by atoms with Gasteiger partial charge in [-0.05, 0) is 44.4 Å². The van der Waals surface area contributed by atoms with E-state index in [0.29, 0.717) is 6.54 Å². The summed E-state index contributed by atoms with van der Waals surface area (Å²) in [5, 5.41) is 3.08. The van der Waals surface area contributed by atoms with Crippen LogP contribution in [0.3, 0.4) is 0 Å². The maximum atomic E-state index is 12.1. The van der Waals surface area contributed by atoms with E-state index in [2.05, 4.69) is 11.4 Å². The standard InChI is InChI=1S/C14H20N2O/c1-14(2,7-8-15)16-13(17)12-9-10-5-3-4-6-11(10)12/h3-6,12H,7-9,15H2,1-2H3,(H,16,17). The van der Waals surface area contributed by atoms with Gasteiger partial charge in [-0.2, -0.15) is 0 Å². The van der Waals surface area contributed by atoms with Crippen LogP contribution < -0.4 is 11.1 Å². The van der Waals surface area contributed by atoms with Gasteiger partial charge in [-0.3, -0.25) is 4.79 Å². The number of nitrogens with two attached hydrogens (primary N) is 1. The average molecular weight is 232 g/mol. The Morgan fingerprint density at radius 3 is 2.82 bits per heavy atom. The lowest BCUT2D eigenvalue weighted by atomic mass is 9.76. The molecule has 1 aromatic carbocycles. The molecule has 92 valence electrons.